The van der Waals surface area contributed by atoms with Crippen molar-refractivity contribution in [3.8, 4) is 0 Å². The Bertz CT molecular complexity index is 571. The van der Waals surface area contributed by atoms with E-state index in [4.69, 9.17) is 16.6 Å². The highest BCUT2D eigenvalue weighted by Crippen LogP contribution is 2.02. The zero-order chi connectivity index (χ0) is 21.1. The highest BCUT2D eigenvalue weighted by Gasteiger charge is 2.28. The second-order valence-corrected chi connectivity index (χ2v) is 6.92. The van der Waals surface area contributed by atoms with Gasteiger partial charge in [0.05, 0.1) is 12.5 Å². The molecule has 0 aromatic carbocycles. The first-order valence-corrected chi connectivity index (χ1v) is 9.55. The summed E-state index contributed by atoms with van der Waals surface area (Å²) >= 11 is 1.47. The molecule has 0 bridgehead atoms. The number of hydrogen-bond acceptors (Lipinski definition) is 7. The van der Waals surface area contributed by atoms with Crippen LogP contribution in [0, 0.1) is 0 Å². The number of hydrogen-bond donors (Lipinski definition) is 6. The van der Waals surface area contributed by atoms with Crippen molar-refractivity contribution in [2.24, 2.45) is 11.5 Å². The van der Waals surface area contributed by atoms with Gasteiger partial charge in [0.15, 0.2) is 0 Å². The first-order valence-electron chi connectivity index (χ1n) is 8.16. The normalized spacial score (nSPS) is 15.0. The van der Waals surface area contributed by atoms with Gasteiger partial charge in [-0.1, -0.05) is 0 Å². The maximum atomic E-state index is 12.4. The number of rotatable bonds is 12. The molecule has 0 aliphatic carbocycles. The van der Waals surface area contributed by atoms with Gasteiger partial charge in [0.1, 0.15) is 18.1 Å². The van der Waals surface area contributed by atoms with Crippen LogP contribution >= 0.6 is 11.8 Å². The molecule has 0 saturated heterocycles. The summed E-state index contributed by atoms with van der Waals surface area (Å²) in [6.45, 7) is 2.81. The summed E-state index contributed by atoms with van der Waals surface area (Å²) in [5.74, 6) is -3.67. The Morgan fingerprint density at radius 2 is 1.52 bits per heavy atom. The smallest absolute Gasteiger partial charge is 0.326 e. The Hall–Kier alpha value is -2.34. The molecule has 0 aliphatic rings. The minimum Gasteiger partial charge on any atom is -0.480 e. The quantitative estimate of drug-likeness (QED) is 0.205. The SMILES string of the molecule is CSCCC(NC(=O)C(C)N)C(=O)NC(C)C(=O)NC(CC(N)=O)C(=O)O. The molecule has 4 unspecified atom stereocenters. The highest BCUT2D eigenvalue weighted by molar-refractivity contribution is 7.98. The Balaban J connectivity index is 4.92. The molecule has 0 heterocycles. The summed E-state index contributed by atoms with van der Waals surface area (Å²) in [4.78, 5) is 58.1. The lowest BCUT2D eigenvalue weighted by atomic mass is 10.1. The van der Waals surface area contributed by atoms with Gasteiger partial charge in [-0.15, -0.1) is 0 Å². The van der Waals surface area contributed by atoms with E-state index in [0.717, 1.165) is 0 Å². The maximum absolute atomic E-state index is 12.4. The molecule has 0 saturated carbocycles. The van der Waals surface area contributed by atoms with Crippen LogP contribution in [0.25, 0.3) is 0 Å². The number of aliphatic carboxylic acids is 1. The summed E-state index contributed by atoms with van der Waals surface area (Å²) in [7, 11) is 0. The van der Waals surface area contributed by atoms with Crippen LogP contribution in [0.4, 0.5) is 0 Å². The van der Waals surface area contributed by atoms with Gasteiger partial charge >= 0.3 is 5.97 Å². The van der Waals surface area contributed by atoms with Crippen LogP contribution < -0.4 is 27.4 Å². The van der Waals surface area contributed by atoms with E-state index in [1.54, 1.807) is 0 Å². The van der Waals surface area contributed by atoms with E-state index in [-0.39, 0.29) is 0 Å². The number of carbonyl (C=O) groups excluding carboxylic acids is 4. The summed E-state index contributed by atoms with van der Waals surface area (Å²) in [5, 5.41) is 16.0. The molecular weight excluding hydrogens is 378 g/mol. The van der Waals surface area contributed by atoms with Gasteiger partial charge in [-0.3, -0.25) is 19.2 Å². The van der Waals surface area contributed by atoms with Gasteiger partial charge in [0.2, 0.25) is 23.6 Å². The van der Waals surface area contributed by atoms with Gasteiger partial charge < -0.3 is 32.5 Å². The molecule has 11 nitrogen and oxygen atoms in total. The topological polar surface area (TPSA) is 194 Å². The monoisotopic (exact) mass is 405 g/mol. The number of primary amides is 1. The highest BCUT2D eigenvalue weighted by atomic mass is 32.2. The number of amides is 4. The zero-order valence-electron chi connectivity index (χ0n) is 15.5. The average molecular weight is 405 g/mol. The first kappa shape index (κ1) is 24.7. The summed E-state index contributed by atoms with van der Waals surface area (Å²) < 4.78 is 0. The van der Waals surface area contributed by atoms with Gasteiger partial charge in [0, 0.05) is 0 Å². The van der Waals surface area contributed by atoms with Crippen LogP contribution in [0.5, 0.6) is 0 Å². The minimum atomic E-state index is -1.50. The van der Waals surface area contributed by atoms with Crippen molar-refractivity contribution >= 4 is 41.4 Å². The molecule has 0 spiro atoms. The molecule has 27 heavy (non-hydrogen) atoms. The van der Waals surface area contributed by atoms with Gasteiger partial charge in [-0.25, -0.2) is 4.79 Å². The van der Waals surface area contributed by atoms with Crippen molar-refractivity contribution in [3.05, 3.63) is 0 Å². The Morgan fingerprint density at radius 1 is 0.963 bits per heavy atom. The number of carboxylic acid groups (broad SMARTS) is 1. The van der Waals surface area contributed by atoms with Gasteiger partial charge in [-0.05, 0) is 32.3 Å². The molecule has 8 N–H and O–H groups in total. The van der Waals surface area contributed by atoms with E-state index in [0.29, 0.717) is 12.2 Å². The van der Waals surface area contributed by atoms with E-state index < -0.39 is 60.2 Å². The van der Waals surface area contributed by atoms with E-state index in [2.05, 4.69) is 16.0 Å². The molecule has 0 aromatic heterocycles. The van der Waals surface area contributed by atoms with Crippen LogP contribution in [-0.4, -0.2) is 70.9 Å². The summed E-state index contributed by atoms with van der Waals surface area (Å²) in [6, 6.07) is -4.30. The number of nitrogens with one attached hydrogen (secondary N) is 3. The Kier molecular flexibility index (Phi) is 11.1. The van der Waals surface area contributed by atoms with Crippen LogP contribution in [-0.2, 0) is 24.0 Å². The third-order valence-corrected chi connectivity index (χ3v) is 4.07. The average Bonchev–Trinajstić information content (AvgIpc) is 2.56. The Labute approximate surface area is 161 Å². The maximum Gasteiger partial charge on any atom is 0.326 e. The van der Waals surface area contributed by atoms with Gasteiger partial charge in [0.25, 0.3) is 0 Å². The van der Waals surface area contributed by atoms with Crippen molar-refractivity contribution in [1.29, 1.82) is 0 Å². The van der Waals surface area contributed by atoms with Crippen LogP contribution in [0.15, 0.2) is 0 Å². The summed E-state index contributed by atoms with van der Waals surface area (Å²) in [6.07, 6.45) is 1.57. The molecule has 4 amide bonds. The van der Waals surface area contributed by atoms with Crippen molar-refractivity contribution in [3.63, 3.8) is 0 Å². The second-order valence-electron chi connectivity index (χ2n) is 5.93. The van der Waals surface area contributed by atoms with Crippen molar-refractivity contribution in [1.82, 2.24) is 16.0 Å². The number of thioether (sulfide) groups is 1. The number of nitrogens with two attached hydrogens (primary N) is 2. The molecule has 0 rings (SSSR count). The number of carboxylic acids is 1. The standard InChI is InChI=1S/C15H27N5O6S/c1-7(16)12(22)19-9(4-5-27-3)14(24)18-8(2)13(23)20-10(15(25)26)6-11(17)21/h7-10H,4-6,16H2,1-3H3,(H2,17,21)(H,18,24)(H,19,22)(H,20,23)(H,25,26). The fourth-order valence-corrected chi connectivity index (χ4v) is 2.36. The lowest BCUT2D eigenvalue weighted by Gasteiger charge is -2.22. The molecule has 4 atom stereocenters. The van der Waals surface area contributed by atoms with Gasteiger partial charge in [-0.2, -0.15) is 11.8 Å². The molecule has 0 aliphatic heterocycles. The summed E-state index contributed by atoms with van der Waals surface area (Å²) in [5.41, 5.74) is 10.4. The third-order valence-electron chi connectivity index (χ3n) is 3.43. The lowest BCUT2D eigenvalue weighted by Crippen LogP contribution is -2.56. The van der Waals surface area contributed by atoms with E-state index in [9.17, 15) is 24.0 Å². The largest absolute Gasteiger partial charge is 0.480 e. The van der Waals surface area contributed by atoms with Crippen molar-refractivity contribution < 1.29 is 29.1 Å². The second kappa shape index (κ2) is 12.1. The van der Waals surface area contributed by atoms with Crippen LogP contribution in [0.3, 0.4) is 0 Å². The fraction of sp³-hybridized carbons (Fsp3) is 0.667. The minimum absolute atomic E-state index is 0.319. The van der Waals surface area contributed by atoms with E-state index >= 15 is 0 Å². The Morgan fingerprint density at radius 3 is 1.96 bits per heavy atom. The van der Waals surface area contributed by atoms with Crippen molar-refractivity contribution in [2.75, 3.05) is 12.0 Å². The first-order chi connectivity index (χ1) is 12.5. The fourth-order valence-electron chi connectivity index (χ4n) is 1.89. The molecule has 12 heteroatoms. The predicted molar refractivity (Wildman–Crippen MR) is 99.6 cm³/mol. The molecule has 0 radical (unpaired) electrons. The molecule has 154 valence electrons. The third kappa shape index (κ3) is 9.80. The lowest BCUT2D eigenvalue weighted by molar-refractivity contribution is -0.143. The molecule has 0 aromatic rings. The van der Waals surface area contributed by atoms with E-state index in [1.807, 2.05) is 6.26 Å². The zero-order valence-corrected chi connectivity index (χ0v) is 16.3. The van der Waals surface area contributed by atoms with E-state index in [1.165, 1.54) is 25.6 Å². The van der Waals surface area contributed by atoms with Crippen LogP contribution in [0.1, 0.15) is 26.7 Å². The molecular formula is C15H27N5O6S. The predicted octanol–water partition coefficient (Wildman–Crippen LogP) is -2.48. The van der Waals surface area contributed by atoms with Crippen molar-refractivity contribution in [2.45, 2.75) is 50.9 Å². The molecule has 0 fully saturated rings. The number of carbonyl (C=O) groups is 5. The van der Waals surface area contributed by atoms with Crippen LogP contribution in [0.2, 0.25) is 0 Å².